The number of aliphatic hydroxyl groups is 5. The first-order valence-corrected chi connectivity index (χ1v) is 13.8. The smallest absolute Gasteiger partial charge is 0.280 e. The highest BCUT2D eigenvalue weighted by Crippen LogP contribution is 2.46. The van der Waals surface area contributed by atoms with Crippen LogP contribution in [0.5, 0.6) is 0 Å². The van der Waals surface area contributed by atoms with E-state index in [-0.39, 0.29) is 30.1 Å². The minimum absolute atomic E-state index is 0.00999. The Kier molecular flexibility index (Phi) is 5.57. The lowest BCUT2D eigenvalue weighted by atomic mass is 9.77. The molecule has 0 radical (unpaired) electrons. The second-order valence-electron chi connectivity index (χ2n) is 11.1. The van der Waals surface area contributed by atoms with Crippen LogP contribution in [0.3, 0.4) is 0 Å². The lowest BCUT2D eigenvalue weighted by Crippen LogP contribution is -2.44. The fourth-order valence-electron chi connectivity index (χ4n) is 6.75. The van der Waals surface area contributed by atoms with Gasteiger partial charge in [-0.1, -0.05) is 42.5 Å². The van der Waals surface area contributed by atoms with E-state index in [1.54, 1.807) is 0 Å². The number of nitrogens with one attached hydrogen (secondary N) is 2. The Balaban J connectivity index is 1.29. The van der Waals surface area contributed by atoms with E-state index in [1.807, 2.05) is 48.5 Å². The molecule has 7 atom stereocenters. The number of hydrogen-bond donors (Lipinski definition) is 7. The maximum atomic E-state index is 13.0. The summed E-state index contributed by atoms with van der Waals surface area (Å²) in [6.45, 7) is -0.361. The number of aromatic nitrogens is 4. The molecule has 1 aliphatic carbocycles. The summed E-state index contributed by atoms with van der Waals surface area (Å²) >= 11 is 0. The van der Waals surface area contributed by atoms with Crippen LogP contribution in [0.2, 0.25) is 0 Å². The van der Waals surface area contributed by atoms with Gasteiger partial charge in [-0.3, -0.25) is 14.3 Å². The number of aromatic amines is 1. The number of fused-ring (bicyclic) bond motifs is 3. The van der Waals surface area contributed by atoms with Gasteiger partial charge in [-0.05, 0) is 49.5 Å². The number of ether oxygens (including phenoxy) is 1. The molecular formula is C30H27N5O7. The van der Waals surface area contributed by atoms with Crippen LogP contribution in [0, 0.1) is 0 Å². The van der Waals surface area contributed by atoms with E-state index in [4.69, 9.17) is 4.74 Å². The second kappa shape index (κ2) is 9.16. The predicted octanol–water partition coefficient (Wildman–Crippen LogP) is 1.58. The Morgan fingerprint density at radius 1 is 1.00 bits per heavy atom. The molecule has 0 saturated carbocycles. The van der Waals surface area contributed by atoms with Gasteiger partial charge in [0, 0.05) is 6.42 Å². The third-order valence-electron chi connectivity index (χ3n) is 8.78. The summed E-state index contributed by atoms with van der Waals surface area (Å²) in [4.78, 5) is 24.5. The van der Waals surface area contributed by atoms with E-state index in [1.165, 1.54) is 10.9 Å². The van der Waals surface area contributed by atoms with E-state index in [9.17, 15) is 30.3 Å². The van der Waals surface area contributed by atoms with Crippen molar-refractivity contribution in [2.45, 2.75) is 49.2 Å². The fourth-order valence-corrected chi connectivity index (χ4v) is 6.75. The summed E-state index contributed by atoms with van der Waals surface area (Å²) in [5.41, 5.74) is 0.746. The van der Waals surface area contributed by atoms with Crippen molar-refractivity contribution >= 4 is 49.4 Å². The molecule has 12 nitrogen and oxygen atoms in total. The zero-order valence-corrected chi connectivity index (χ0v) is 22.0. The first-order chi connectivity index (χ1) is 20.3. The third kappa shape index (κ3) is 3.54. The van der Waals surface area contributed by atoms with Crippen LogP contribution in [0.25, 0.3) is 43.5 Å². The molecule has 2 aliphatic rings. The van der Waals surface area contributed by atoms with Gasteiger partial charge in [0.25, 0.3) is 5.56 Å². The van der Waals surface area contributed by atoms with E-state index in [0.29, 0.717) is 11.1 Å². The van der Waals surface area contributed by atoms with Gasteiger partial charge in [0.2, 0.25) is 5.95 Å². The highest BCUT2D eigenvalue weighted by molar-refractivity contribution is 6.24. The van der Waals surface area contributed by atoms with Crippen molar-refractivity contribution in [3.05, 3.63) is 76.3 Å². The first-order valence-electron chi connectivity index (χ1n) is 13.8. The Bertz CT molecular complexity index is 2040. The summed E-state index contributed by atoms with van der Waals surface area (Å²) in [6, 6.07) is 14.9. The molecule has 7 N–H and O–H groups in total. The van der Waals surface area contributed by atoms with Crippen molar-refractivity contribution in [1.82, 2.24) is 19.5 Å². The molecule has 1 aliphatic heterocycles. The normalized spacial score (nSPS) is 27.9. The SMILES string of the molecule is O=c1[nH]c(N[C@@H]2c3c(cc4ccc5cccc6ccc3c4c56)[C@H](O)[C@@H](O)[C@H]2O)nc2c1ncn2[C@H]1C[C@H](O)[C@@H](CO)O1. The van der Waals surface area contributed by atoms with Gasteiger partial charge < -0.3 is 35.6 Å². The van der Waals surface area contributed by atoms with E-state index >= 15 is 0 Å². The summed E-state index contributed by atoms with van der Waals surface area (Å²) in [5, 5.41) is 61.9. The van der Waals surface area contributed by atoms with Gasteiger partial charge in [0.1, 0.15) is 30.6 Å². The van der Waals surface area contributed by atoms with Crippen LogP contribution in [-0.2, 0) is 4.74 Å². The van der Waals surface area contributed by atoms with Gasteiger partial charge in [-0.2, -0.15) is 4.98 Å². The highest BCUT2D eigenvalue weighted by atomic mass is 16.5. The van der Waals surface area contributed by atoms with Crippen LogP contribution >= 0.6 is 0 Å². The molecule has 0 spiro atoms. The molecule has 6 aromatic rings. The maximum Gasteiger partial charge on any atom is 0.280 e. The molecular weight excluding hydrogens is 542 g/mol. The topological polar surface area (TPSA) is 186 Å². The Hall–Kier alpha value is -4.17. The molecule has 1 fully saturated rings. The van der Waals surface area contributed by atoms with Crippen molar-refractivity contribution in [3.63, 3.8) is 0 Å². The predicted molar refractivity (Wildman–Crippen MR) is 153 cm³/mol. The number of hydrogen-bond acceptors (Lipinski definition) is 10. The Labute approximate surface area is 236 Å². The summed E-state index contributed by atoms with van der Waals surface area (Å²) < 4.78 is 7.27. The Morgan fingerprint density at radius 2 is 1.76 bits per heavy atom. The molecule has 3 heterocycles. The summed E-state index contributed by atoms with van der Waals surface area (Å²) in [5.74, 6) is 0.00999. The zero-order chi connectivity index (χ0) is 28.9. The summed E-state index contributed by atoms with van der Waals surface area (Å²) in [6.07, 6.45) is -5.10. The quantitative estimate of drug-likeness (QED) is 0.154. The molecule has 214 valence electrons. The molecule has 0 unspecified atom stereocenters. The van der Waals surface area contributed by atoms with Crippen molar-refractivity contribution in [1.29, 1.82) is 0 Å². The fraction of sp³-hybridized carbons (Fsp3) is 0.300. The van der Waals surface area contributed by atoms with Crippen molar-refractivity contribution in [2.75, 3.05) is 11.9 Å². The molecule has 4 aromatic carbocycles. The molecule has 2 aromatic heterocycles. The highest BCUT2D eigenvalue weighted by Gasteiger charge is 2.42. The standard InChI is InChI=1S/C30H27N5O7/c36-10-18-17(37)9-19(42-18)35-11-31-24-28(35)33-30(34-29(24)41)32-23-22-15-7-6-13-3-1-2-12-4-5-14(21(15)20(12)13)8-16(22)25(38)27(40)26(23)39/h1-8,11,17-19,23,25-27,36-40H,9-10H2,(H2,32,33,34,41)/t17-,18+,19+,23+,25-,26-,27+/m0/s1. The summed E-state index contributed by atoms with van der Waals surface area (Å²) in [7, 11) is 0. The molecule has 1 saturated heterocycles. The van der Waals surface area contributed by atoms with Gasteiger partial charge in [-0.25, -0.2) is 4.98 Å². The van der Waals surface area contributed by atoms with Crippen molar-refractivity contribution < 1.29 is 30.3 Å². The van der Waals surface area contributed by atoms with Gasteiger partial charge in [0.05, 0.1) is 25.1 Å². The number of imidazole rings is 1. The number of anilines is 1. The maximum absolute atomic E-state index is 13.0. The molecule has 8 rings (SSSR count). The monoisotopic (exact) mass is 569 g/mol. The van der Waals surface area contributed by atoms with Gasteiger partial charge >= 0.3 is 0 Å². The minimum Gasteiger partial charge on any atom is -0.394 e. The van der Waals surface area contributed by atoms with Crippen LogP contribution in [0.4, 0.5) is 5.95 Å². The van der Waals surface area contributed by atoms with Crippen molar-refractivity contribution in [2.24, 2.45) is 0 Å². The van der Waals surface area contributed by atoms with E-state index in [2.05, 4.69) is 20.3 Å². The number of nitrogens with zero attached hydrogens (tertiary/aromatic N) is 3. The van der Waals surface area contributed by atoms with E-state index in [0.717, 1.165) is 32.3 Å². The number of H-pyrrole nitrogens is 1. The lowest BCUT2D eigenvalue weighted by molar-refractivity contribution is -0.0767. The number of aliphatic hydroxyl groups excluding tert-OH is 5. The van der Waals surface area contributed by atoms with Crippen LogP contribution in [0.1, 0.15) is 35.9 Å². The largest absolute Gasteiger partial charge is 0.394 e. The second-order valence-corrected chi connectivity index (χ2v) is 11.1. The molecule has 12 heteroatoms. The average molecular weight is 570 g/mol. The third-order valence-corrected chi connectivity index (χ3v) is 8.78. The molecule has 0 bridgehead atoms. The van der Waals surface area contributed by atoms with Crippen LogP contribution in [0.15, 0.2) is 59.7 Å². The molecule has 0 amide bonds. The van der Waals surface area contributed by atoms with Gasteiger partial charge in [-0.15, -0.1) is 0 Å². The van der Waals surface area contributed by atoms with Crippen molar-refractivity contribution in [3.8, 4) is 0 Å². The lowest BCUT2D eigenvalue weighted by Gasteiger charge is -2.38. The number of benzene rings is 4. The van der Waals surface area contributed by atoms with Gasteiger partial charge in [0.15, 0.2) is 11.2 Å². The number of rotatable bonds is 4. The van der Waals surface area contributed by atoms with Crippen LogP contribution in [-0.4, -0.2) is 76.1 Å². The average Bonchev–Trinajstić information content (AvgIpc) is 3.59. The van der Waals surface area contributed by atoms with E-state index < -0.39 is 48.3 Å². The Morgan fingerprint density at radius 3 is 2.52 bits per heavy atom. The molecule has 42 heavy (non-hydrogen) atoms. The zero-order valence-electron chi connectivity index (χ0n) is 22.0. The minimum atomic E-state index is -1.51. The first kappa shape index (κ1) is 25.5. The van der Waals surface area contributed by atoms with Crippen LogP contribution < -0.4 is 10.9 Å².